The minimum Gasteiger partial charge on any atom is -0.465 e. The van der Waals surface area contributed by atoms with Crippen molar-refractivity contribution < 1.29 is 22.7 Å². The van der Waals surface area contributed by atoms with Gasteiger partial charge in [0, 0.05) is 12.1 Å². The molecule has 0 saturated carbocycles. The second-order valence-electron chi connectivity index (χ2n) is 6.49. The molecule has 0 aromatic heterocycles. The molecule has 0 fully saturated rings. The van der Waals surface area contributed by atoms with Crippen molar-refractivity contribution in [3.8, 4) is 0 Å². The first kappa shape index (κ1) is 22.3. The third-order valence-electron chi connectivity index (χ3n) is 4.28. The van der Waals surface area contributed by atoms with E-state index in [9.17, 15) is 18.0 Å². The lowest BCUT2D eigenvalue weighted by Crippen LogP contribution is -2.23. The average Bonchev–Trinajstić information content (AvgIpc) is 2.77. The van der Waals surface area contributed by atoms with Crippen LogP contribution in [0.25, 0.3) is 0 Å². The number of sulfonamides is 1. The van der Waals surface area contributed by atoms with E-state index < -0.39 is 16.0 Å². The summed E-state index contributed by atoms with van der Waals surface area (Å²) in [5.74, 6) is -0.948. The lowest BCUT2D eigenvalue weighted by atomic mass is 10.1. The van der Waals surface area contributed by atoms with E-state index in [1.54, 1.807) is 42.5 Å². The number of nitrogens with one attached hydrogen (secondary N) is 2. The number of anilines is 1. The van der Waals surface area contributed by atoms with Crippen molar-refractivity contribution in [1.82, 2.24) is 5.32 Å². The number of halogens is 1. The van der Waals surface area contributed by atoms with Gasteiger partial charge in [-0.1, -0.05) is 41.9 Å². The van der Waals surface area contributed by atoms with Crippen molar-refractivity contribution in [3.05, 3.63) is 94.5 Å². The lowest BCUT2D eigenvalue weighted by molar-refractivity contribution is 0.0600. The second-order valence-corrected chi connectivity index (χ2v) is 8.55. The molecular formula is C22H19ClN2O5S. The number of carbonyl (C=O) groups excluding carboxylic acids is 2. The van der Waals surface area contributed by atoms with Gasteiger partial charge in [0.25, 0.3) is 15.9 Å². The van der Waals surface area contributed by atoms with Gasteiger partial charge in [-0.3, -0.25) is 9.52 Å². The molecule has 0 aliphatic heterocycles. The number of hydrogen-bond donors (Lipinski definition) is 2. The smallest absolute Gasteiger partial charge is 0.337 e. The van der Waals surface area contributed by atoms with Crippen molar-refractivity contribution in [1.29, 1.82) is 0 Å². The minimum atomic E-state index is -4.01. The molecule has 7 nitrogen and oxygen atoms in total. The third kappa shape index (κ3) is 5.62. The quantitative estimate of drug-likeness (QED) is 0.523. The standard InChI is InChI=1S/C22H19ClN2O5S/c1-30-22(27)17-11-15(14-24-21(26)16-7-3-2-4-8-16)12-18(13-17)25-31(28,29)20-10-6-5-9-19(20)23/h2-13,25H,14H2,1H3,(H,24,26). The molecular weight excluding hydrogens is 440 g/mol. The molecule has 3 aromatic carbocycles. The molecule has 0 atom stereocenters. The molecule has 0 radical (unpaired) electrons. The first-order valence-corrected chi connectivity index (χ1v) is 11.0. The summed E-state index contributed by atoms with van der Waals surface area (Å²) in [4.78, 5) is 24.3. The van der Waals surface area contributed by atoms with Gasteiger partial charge in [0.1, 0.15) is 4.90 Å². The number of esters is 1. The first-order valence-electron chi connectivity index (χ1n) is 9.13. The maximum Gasteiger partial charge on any atom is 0.337 e. The van der Waals surface area contributed by atoms with E-state index in [0.717, 1.165) is 0 Å². The summed E-state index contributed by atoms with van der Waals surface area (Å²) in [5.41, 5.74) is 1.24. The van der Waals surface area contributed by atoms with Crippen molar-refractivity contribution in [2.45, 2.75) is 11.4 Å². The van der Waals surface area contributed by atoms with Crippen LogP contribution in [0.1, 0.15) is 26.3 Å². The Morgan fingerprint density at radius 3 is 2.29 bits per heavy atom. The van der Waals surface area contributed by atoms with Gasteiger partial charge in [-0.05, 0) is 48.0 Å². The fourth-order valence-corrected chi connectivity index (χ4v) is 4.40. The molecule has 0 heterocycles. The molecule has 2 N–H and O–H groups in total. The van der Waals surface area contributed by atoms with Crippen molar-refractivity contribution in [3.63, 3.8) is 0 Å². The summed E-state index contributed by atoms with van der Waals surface area (Å²) in [6, 6.07) is 19.0. The van der Waals surface area contributed by atoms with Gasteiger partial charge in [0.2, 0.25) is 0 Å². The van der Waals surface area contributed by atoms with E-state index in [-0.39, 0.29) is 33.6 Å². The predicted molar refractivity (Wildman–Crippen MR) is 118 cm³/mol. The summed E-state index contributed by atoms with van der Waals surface area (Å²) in [6.07, 6.45) is 0. The average molecular weight is 459 g/mol. The topological polar surface area (TPSA) is 102 Å². The molecule has 0 aliphatic rings. The number of carbonyl (C=O) groups is 2. The first-order chi connectivity index (χ1) is 14.8. The summed E-state index contributed by atoms with van der Waals surface area (Å²) in [6.45, 7) is 0.0688. The number of ether oxygens (including phenoxy) is 1. The normalized spacial score (nSPS) is 10.9. The van der Waals surface area contributed by atoms with Crippen molar-refractivity contribution in [2.24, 2.45) is 0 Å². The third-order valence-corrected chi connectivity index (χ3v) is 6.16. The monoisotopic (exact) mass is 458 g/mol. The second kappa shape index (κ2) is 9.63. The van der Waals surface area contributed by atoms with Crippen molar-refractivity contribution >= 4 is 39.2 Å². The van der Waals surface area contributed by atoms with Gasteiger partial charge in [0.05, 0.1) is 23.4 Å². The number of methoxy groups -OCH3 is 1. The van der Waals surface area contributed by atoms with E-state index in [2.05, 4.69) is 10.0 Å². The number of benzene rings is 3. The summed E-state index contributed by atoms with van der Waals surface area (Å²) in [7, 11) is -2.78. The van der Waals surface area contributed by atoms with E-state index in [0.29, 0.717) is 11.1 Å². The molecule has 160 valence electrons. The van der Waals surface area contributed by atoms with Crippen LogP contribution < -0.4 is 10.0 Å². The number of amides is 1. The molecule has 0 spiro atoms. The summed E-state index contributed by atoms with van der Waals surface area (Å²) >= 11 is 6.01. The Morgan fingerprint density at radius 1 is 0.935 bits per heavy atom. The molecule has 0 unspecified atom stereocenters. The highest BCUT2D eigenvalue weighted by molar-refractivity contribution is 7.92. The maximum atomic E-state index is 12.8. The largest absolute Gasteiger partial charge is 0.465 e. The summed E-state index contributed by atoms with van der Waals surface area (Å²) in [5, 5.41) is 2.81. The molecule has 0 aliphatic carbocycles. The molecule has 3 aromatic rings. The Morgan fingerprint density at radius 2 is 1.61 bits per heavy atom. The van der Waals surface area contributed by atoms with Crippen LogP contribution in [0.4, 0.5) is 5.69 Å². The van der Waals surface area contributed by atoms with Crippen LogP contribution in [0.2, 0.25) is 5.02 Å². The highest BCUT2D eigenvalue weighted by Crippen LogP contribution is 2.25. The lowest BCUT2D eigenvalue weighted by Gasteiger charge is -2.13. The van der Waals surface area contributed by atoms with E-state index in [1.807, 2.05) is 0 Å². The molecule has 0 saturated heterocycles. The van der Waals surface area contributed by atoms with Crippen LogP contribution in [0.3, 0.4) is 0 Å². The van der Waals surface area contributed by atoms with Crippen LogP contribution in [0.15, 0.2) is 77.7 Å². The Balaban J connectivity index is 1.87. The Labute approximate surface area is 185 Å². The highest BCUT2D eigenvalue weighted by atomic mass is 35.5. The van der Waals surface area contributed by atoms with Crippen LogP contribution in [0, 0.1) is 0 Å². The van der Waals surface area contributed by atoms with Gasteiger partial charge in [-0.15, -0.1) is 0 Å². The highest BCUT2D eigenvalue weighted by Gasteiger charge is 2.19. The SMILES string of the molecule is COC(=O)c1cc(CNC(=O)c2ccccc2)cc(NS(=O)(=O)c2ccccc2Cl)c1. The molecule has 0 bridgehead atoms. The zero-order valence-electron chi connectivity index (χ0n) is 16.5. The zero-order chi connectivity index (χ0) is 22.4. The van der Waals surface area contributed by atoms with E-state index in [4.69, 9.17) is 16.3 Å². The predicted octanol–water partition coefficient (Wildman–Crippen LogP) is 3.86. The van der Waals surface area contributed by atoms with Gasteiger partial charge in [-0.25, -0.2) is 13.2 Å². The minimum absolute atomic E-state index is 0.0643. The van der Waals surface area contributed by atoms with Gasteiger partial charge >= 0.3 is 5.97 Å². The van der Waals surface area contributed by atoms with Crippen LogP contribution >= 0.6 is 11.6 Å². The van der Waals surface area contributed by atoms with Crippen molar-refractivity contribution in [2.75, 3.05) is 11.8 Å². The van der Waals surface area contributed by atoms with E-state index >= 15 is 0 Å². The van der Waals surface area contributed by atoms with Crippen LogP contribution in [-0.2, 0) is 21.3 Å². The Bertz CT molecular complexity index is 1210. The number of hydrogen-bond acceptors (Lipinski definition) is 5. The van der Waals surface area contributed by atoms with Crippen LogP contribution in [-0.4, -0.2) is 27.4 Å². The molecule has 9 heteroatoms. The van der Waals surface area contributed by atoms with Crippen LogP contribution in [0.5, 0.6) is 0 Å². The number of rotatable bonds is 7. The summed E-state index contributed by atoms with van der Waals surface area (Å²) < 4.78 is 32.7. The van der Waals surface area contributed by atoms with Gasteiger partial charge in [0.15, 0.2) is 0 Å². The fourth-order valence-electron chi connectivity index (χ4n) is 2.84. The van der Waals surface area contributed by atoms with Gasteiger partial charge in [-0.2, -0.15) is 0 Å². The Hall–Kier alpha value is -3.36. The molecule has 31 heavy (non-hydrogen) atoms. The Kier molecular flexibility index (Phi) is 6.94. The van der Waals surface area contributed by atoms with Gasteiger partial charge < -0.3 is 10.1 Å². The molecule has 3 rings (SSSR count). The molecule has 1 amide bonds. The fraction of sp³-hybridized carbons (Fsp3) is 0.0909. The zero-order valence-corrected chi connectivity index (χ0v) is 18.0. The maximum absolute atomic E-state index is 12.8. The van der Waals surface area contributed by atoms with E-state index in [1.165, 1.54) is 37.4 Å².